The average Bonchev–Trinajstić information content (AvgIpc) is 2.97. The highest BCUT2D eigenvalue weighted by Crippen LogP contribution is 2.62. The number of hydrogen-bond acceptors (Lipinski definition) is 4. The molecule has 2 aromatic carbocycles. The minimum absolute atomic E-state index is 0.0418. The molecule has 0 saturated heterocycles. The minimum Gasteiger partial charge on any atom is -0.480 e. The molecule has 0 unspecified atom stereocenters. The first kappa shape index (κ1) is 28.0. The molecule has 4 aliphatic carbocycles. The molecule has 1 aliphatic heterocycles. The maximum absolute atomic E-state index is 14.9. The molecule has 1 heterocycles. The van der Waals surface area contributed by atoms with Crippen molar-refractivity contribution < 1.29 is 24.3 Å². The fourth-order valence-electron chi connectivity index (χ4n) is 8.80. The second-order valence-corrected chi connectivity index (χ2v) is 13.2. The number of carbonyl (C=O) groups is 4. The van der Waals surface area contributed by atoms with E-state index in [-0.39, 0.29) is 36.3 Å². The minimum atomic E-state index is -1.42. The Morgan fingerprint density at radius 2 is 1.56 bits per heavy atom. The van der Waals surface area contributed by atoms with Crippen LogP contribution in [0.25, 0.3) is 0 Å². The number of anilines is 1. The van der Waals surface area contributed by atoms with Gasteiger partial charge in [-0.1, -0.05) is 48.9 Å². The van der Waals surface area contributed by atoms with Crippen LogP contribution in [0.15, 0.2) is 48.5 Å². The summed E-state index contributed by atoms with van der Waals surface area (Å²) >= 11 is 6.55. The molecule has 0 radical (unpaired) electrons. The van der Waals surface area contributed by atoms with E-state index in [4.69, 9.17) is 11.6 Å². The van der Waals surface area contributed by atoms with Gasteiger partial charge in [-0.3, -0.25) is 14.4 Å². The standard InChI is InChI=1S/C33H37ClN2O5/c1-2-30(38)36-27(32(40)41)14-29(37)24-8-4-6-10-26(24)35(19-23-7-3-5-9-25(23)34)31(39)28(36)18-33-15-20-11-21(16-33)13-22(12-20)17-33/h3-10,20-22,27-28H,2,11-19H2,1H3,(H,40,41)/t20?,21?,22?,27-,28+,33?/m0/s1. The molecule has 8 heteroatoms. The number of carboxylic acid groups (broad SMARTS) is 1. The summed E-state index contributed by atoms with van der Waals surface area (Å²) in [4.78, 5) is 57.9. The normalized spacial score (nSPS) is 30.9. The van der Waals surface area contributed by atoms with Crippen LogP contribution >= 0.6 is 11.6 Å². The van der Waals surface area contributed by atoms with Crippen molar-refractivity contribution >= 4 is 40.9 Å². The molecule has 41 heavy (non-hydrogen) atoms. The quantitative estimate of drug-likeness (QED) is 0.446. The fraction of sp³-hybridized carbons (Fsp3) is 0.515. The molecule has 2 amide bonds. The highest BCUT2D eigenvalue weighted by molar-refractivity contribution is 6.31. The number of para-hydroxylation sites is 1. The molecule has 4 bridgehead atoms. The molecule has 0 spiro atoms. The van der Waals surface area contributed by atoms with E-state index in [1.54, 1.807) is 42.2 Å². The van der Waals surface area contributed by atoms with Crippen molar-refractivity contribution in [1.82, 2.24) is 4.90 Å². The van der Waals surface area contributed by atoms with Gasteiger partial charge in [-0.2, -0.15) is 0 Å². The molecule has 216 valence electrons. The van der Waals surface area contributed by atoms with Gasteiger partial charge in [0.15, 0.2) is 5.78 Å². The fourth-order valence-corrected chi connectivity index (χ4v) is 8.99. The first-order valence-electron chi connectivity index (χ1n) is 14.9. The number of carbonyl (C=O) groups excluding carboxylic acids is 3. The summed E-state index contributed by atoms with van der Waals surface area (Å²) in [6.45, 7) is 1.78. The first-order chi connectivity index (χ1) is 19.7. The summed E-state index contributed by atoms with van der Waals surface area (Å²) in [5.41, 5.74) is 1.30. The van der Waals surface area contributed by atoms with Crippen molar-refractivity contribution in [2.45, 2.75) is 83.3 Å². The summed E-state index contributed by atoms with van der Waals surface area (Å²) < 4.78 is 0. The van der Waals surface area contributed by atoms with Crippen LogP contribution in [-0.4, -0.2) is 45.7 Å². The van der Waals surface area contributed by atoms with Gasteiger partial charge in [-0.05, 0) is 91.9 Å². The Morgan fingerprint density at radius 1 is 0.951 bits per heavy atom. The lowest BCUT2D eigenvalue weighted by Crippen LogP contribution is -2.59. The maximum atomic E-state index is 14.9. The van der Waals surface area contributed by atoms with Gasteiger partial charge in [-0.25, -0.2) is 4.79 Å². The van der Waals surface area contributed by atoms with Crippen LogP contribution in [0.4, 0.5) is 5.69 Å². The lowest BCUT2D eigenvalue weighted by atomic mass is 9.48. The van der Waals surface area contributed by atoms with Crippen molar-refractivity contribution in [2.24, 2.45) is 23.2 Å². The van der Waals surface area contributed by atoms with Crippen LogP contribution in [0.5, 0.6) is 0 Å². The second-order valence-electron chi connectivity index (χ2n) is 12.8. The molecule has 7 nitrogen and oxygen atoms in total. The number of carboxylic acids is 1. The van der Waals surface area contributed by atoms with Crippen molar-refractivity contribution in [3.8, 4) is 0 Å². The number of amides is 2. The van der Waals surface area contributed by atoms with Gasteiger partial charge in [0.05, 0.1) is 12.2 Å². The first-order valence-corrected chi connectivity index (χ1v) is 15.3. The summed E-state index contributed by atoms with van der Waals surface area (Å²) in [5.74, 6) is -0.568. The van der Waals surface area contributed by atoms with Gasteiger partial charge >= 0.3 is 5.97 Å². The van der Waals surface area contributed by atoms with E-state index in [0.717, 1.165) is 19.3 Å². The third-order valence-electron chi connectivity index (χ3n) is 10.0. The Balaban J connectivity index is 1.50. The molecule has 0 aromatic heterocycles. The Hall–Kier alpha value is -3.19. The van der Waals surface area contributed by atoms with Crippen LogP contribution in [0.1, 0.15) is 80.6 Å². The second kappa shape index (κ2) is 10.9. The van der Waals surface area contributed by atoms with Gasteiger partial charge in [0, 0.05) is 23.4 Å². The zero-order chi connectivity index (χ0) is 28.9. The number of halogens is 1. The summed E-state index contributed by atoms with van der Waals surface area (Å²) in [5, 5.41) is 10.9. The van der Waals surface area contributed by atoms with Crippen LogP contribution in [0.2, 0.25) is 5.02 Å². The summed E-state index contributed by atoms with van der Waals surface area (Å²) in [7, 11) is 0. The van der Waals surface area contributed by atoms with E-state index in [1.165, 1.54) is 24.2 Å². The summed E-state index contributed by atoms with van der Waals surface area (Å²) in [6, 6.07) is 11.7. The topological polar surface area (TPSA) is 95.0 Å². The third kappa shape index (κ3) is 5.18. The van der Waals surface area contributed by atoms with Crippen LogP contribution in [0.3, 0.4) is 0 Å². The van der Waals surface area contributed by atoms with Crippen molar-refractivity contribution in [2.75, 3.05) is 4.90 Å². The highest BCUT2D eigenvalue weighted by atomic mass is 35.5. The van der Waals surface area contributed by atoms with E-state index >= 15 is 0 Å². The van der Waals surface area contributed by atoms with Crippen molar-refractivity contribution in [3.63, 3.8) is 0 Å². The van der Waals surface area contributed by atoms with Gasteiger partial charge in [0.1, 0.15) is 12.1 Å². The number of fused-ring (bicyclic) bond motifs is 1. The third-order valence-corrected chi connectivity index (χ3v) is 10.4. The summed E-state index contributed by atoms with van der Waals surface area (Å²) in [6.07, 6.45) is 6.79. The van der Waals surface area contributed by atoms with Crippen molar-refractivity contribution in [3.05, 3.63) is 64.7 Å². The van der Waals surface area contributed by atoms with Crippen LogP contribution in [-0.2, 0) is 20.9 Å². The number of nitrogens with zero attached hydrogens (tertiary/aromatic N) is 2. The predicted molar refractivity (Wildman–Crippen MR) is 156 cm³/mol. The maximum Gasteiger partial charge on any atom is 0.326 e. The molecular weight excluding hydrogens is 540 g/mol. The largest absolute Gasteiger partial charge is 0.480 e. The number of ketones is 1. The van der Waals surface area contributed by atoms with Gasteiger partial charge < -0.3 is 14.9 Å². The van der Waals surface area contributed by atoms with Crippen molar-refractivity contribution in [1.29, 1.82) is 0 Å². The Morgan fingerprint density at radius 3 is 2.17 bits per heavy atom. The molecule has 7 rings (SSSR count). The molecule has 2 aromatic rings. The van der Waals surface area contributed by atoms with E-state index in [1.807, 2.05) is 18.2 Å². The lowest BCUT2D eigenvalue weighted by molar-refractivity contribution is -0.157. The Kier molecular flexibility index (Phi) is 7.43. The zero-order valence-electron chi connectivity index (χ0n) is 23.4. The van der Waals surface area contributed by atoms with E-state index in [9.17, 15) is 24.3 Å². The Labute approximate surface area is 245 Å². The zero-order valence-corrected chi connectivity index (χ0v) is 24.2. The van der Waals surface area contributed by atoms with Gasteiger partial charge in [0.25, 0.3) is 0 Å². The van der Waals surface area contributed by atoms with E-state index in [2.05, 4.69) is 0 Å². The monoisotopic (exact) mass is 576 g/mol. The molecule has 5 aliphatic rings. The van der Waals surface area contributed by atoms with E-state index < -0.39 is 29.7 Å². The van der Waals surface area contributed by atoms with Gasteiger partial charge in [0.2, 0.25) is 11.8 Å². The van der Waals surface area contributed by atoms with Crippen LogP contribution < -0.4 is 4.90 Å². The molecular formula is C33H37ClN2O5. The Bertz CT molecular complexity index is 1350. The van der Waals surface area contributed by atoms with Gasteiger partial charge in [-0.15, -0.1) is 0 Å². The molecule has 2 atom stereocenters. The van der Waals surface area contributed by atoms with Crippen LogP contribution in [0, 0.1) is 23.2 Å². The highest BCUT2D eigenvalue weighted by Gasteiger charge is 2.54. The lowest BCUT2D eigenvalue weighted by Gasteiger charge is -2.58. The predicted octanol–water partition coefficient (Wildman–Crippen LogP) is 6.13. The number of aliphatic carboxylic acids is 1. The number of hydrogen-bond donors (Lipinski definition) is 1. The van der Waals surface area contributed by atoms with E-state index in [0.29, 0.717) is 40.4 Å². The average molecular weight is 577 g/mol. The number of rotatable bonds is 6. The SMILES string of the molecule is CCC(=O)N1[C@H](CC23CC4CC(CC(C4)C2)C3)C(=O)N(Cc2ccccc2Cl)c2ccccc2C(=O)C[C@H]1C(=O)O. The number of benzene rings is 2. The number of Topliss-reactive ketones (excluding diaryl/α,β-unsaturated/α-hetero) is 1. The molecule has 4 fully saturated rings. The molecule has 4 saturated carbocycles. The molecule has 1 N–H and O–H groups in total. The smallest absolute Gasteiger partial charge is 0.326 e.